The van der Waals surface area contributed by atoms with Gasteiger partial charge in [0.1, 0.15) is 11.8 Å². The van der Waals surface area contributed by atoms with Gasteiger partial charge in [-0.3, -0.25) is 15.0 Å². The van der Waals surface area contributed by atoms with Crippen molar-refractivity contribution in [2.75, 3.05) is 32.7 Å². The number of para-hydroxylation sites is 1. The second-order valence-electron chi connectivity index (χ2n) is 9.76. The van der Waals surface area contributed by atoms with E-state index < -0.39 is 5.82 Å². The number of likely N-dealkylation sites (tertiary alicyclic amines) is 1. The number of hydrogen-bond acceptors (Lipinski definition) is 6. The summed E-state index contributed by atoms with van der Waals surface area (Å²) in [6.45, 7) is 5.92. The smallest absolute Gasteiger partial charge is 0.272 e. The van der Waals surface area contributed by atoms with Crippen LogP contribution in [-0.2, 0) is 14.3 Å². The fourth-order valence-corrected chi connectivity index (χ4v) is 5.33. The fourth-order valence-electron chi connectivity index (χ4n) is 5.12. The van der Waals surface area contributed by atoms with Crippen molar-refractivity contribution in [1.29, 1.82) is 5.41 Å². The van der Waals surface area contributed by atoms with Crippen LogP contribution in [0, 0.1) is 11.2 Å². The zero-order valence-corrected chi connectivity index (χ0v) is 21.6. The lowest BCUT2D eigenvalue weighted by atomic mass is 10.1. The van der Waals surface area contributed by atoms with E-state index in [0.29, 0.717) is 57.4 Å². The Hall–Kier alpha value is -2.65. The van der Waals surface area contributed by atoms with Crippen molar-refractivity contribution in [2.45, 2.75) is 64.3 Å². The van der Waals surface area contributed by atoms with Crippen LogP contribution < -0.4 is 10.1 Å². The van der Waals surface area contributed by atoms with Gasteiger partial charge in [0, 0.05) is 50.3 Å². The van der Waals surface area contributed by atoms with Crippen molar-refractivity contribution in [3.05, 3.63) is 40.3 Å². The van der Waals surface area contributed by atoms with Gasteiger partial charge in [0.25, 0.3) is 5.91 Å². The molecule has 2 N–H and O–H groups in total. The zero-order valence-electron chi connectivity index (χ0n) is 20.8. The van der Waals surface area contributed by atoms with Crippen molar-refractivity contribution in [2.24, 2.45) is 0 Å². The normalized spacial score (nSPS) is 23.1. The second-order valence-corrected chi connectivity index (χ2v) is 10.2. The molecule has 0 unspecified atom stereocenters. The Bertz CT molecular complexity index is 1010. The van der Waals surface area contributed by atoms with Crippen LogP contribution >= 0.6 is 11.6 Å². The van der Waals surface area contributed by atoms with Crippen LogP contribution in [0.3, 0.4) is 0 Å². The van der Waals surface area contributed by atoms with Gasteiger partial charge in [-0.05, 0) is 45.2 Å². The van der Waals surface area contributed by atoms with Crippen molar-refractivity contribution in [3.8, 4) is 5.75 Å². The summed E-state index contributed by atoms with van der Waals surface area (Å²) in [5.41, 5.74) is 1.52. The van der Waals surface area contributed by atoms with Crippen LogP contribution in [0.15, 0.2) is 29.5 Å². The average molecular weight is 521 g/mol. The molecule has 0 aromatic heterocycles. The van der Waals surface area contributed by atoms with Gasteiger partial charge in [0.15, 0.2) is 11.6 Å². The molecule has 0 bridgehead atoms. The zero-order chi connectivity index (χ0) is 25.8. The Morgan fingerprint density at radius 2 is 1.86 bits per heavy atom. The maximum atomic E-state index is 14.0. The monoisotopic (exact) mass is 520 g/mol. The molecule has 0 radical (unpaired) electrons. The lowest BCUT2D eigenvalue weighted by Crippen LogP contribution is -2.50. The molecule has 2 atom stereocenters. The van der Waals surface area contributed by atoms with E-state index in [1.165, 1.54) is 12.1 Å². The van der Waals surface area contributed by atoms with Crippen molar-refractivity contribution in [3.63, 3.8) is 0 Å². The van der Waals surface area contributed by atoms with Crippen LogP contribution in [0.4, 0.5) is 4.39 Å². The highest BCUT2D eigenvalue weighted by molar-refractivity contribution is 6.44. The summed E-state index contributed by atoms with van der Waals surface area (Å²) >= 11 is 6.06. The largest absolute Gasteiger partial charge is 0.486 e. The summed E-state index contributed by atoms with van der Waals surface area (Å²) in [5, 5.41) is 12.0. The SMILES string of the molecule is C[C@@H]1CN(C(=O)C(=N)C2=C(NCC(=O)N3CCC(Oc4c(F)cccc4Cl)CC3)CCC2)C[C@H](C)O1. The minimum Gasteiger partial charge on any atom is -0.486 e. The van der Waals surface area contributed by atoms with Crippen LogP contribution in [0.25, 0.3) is 0 Å². The van der Waals surface area contributed by atoms with Gasteiger partial charge < -0.3 is 24.6 Å². The molecule has 10 heteroatoms. The standard InChI is InChI=1S/C26H34ClFN4O4/c1-16-14-32(15-17(2)35-16)26(34)24(29)19-5-3-8-22(19)30-13-23(33)31-11-9-18(10-12-31)36-25-20(27)6-4-7-21(25)28/h4,6-7,16-18,29-30H,3,5,8-15H2,1-2H3/t16-,17+. The number of benzene rings is 1. The molecule has 0 saturated carbocycles. The number of halogens is 2. The first kappa shape index (κ1) is 26.4. The van der Waals surface area contributed by atoms with E-state index in [9.17, 15) is 14.0 Å². The summed E-state index contributed by atoms with van der Waals surface area (Å²) in [6, 6.07) is 4.43. The minimum absolute atomic E-state index is 0.00789. The van der Waals surface area contributed by atoms with Crippen LogP contribution in [0.2, 0.25) is 5.02 Å². The molecule has 36 heavy (non-hydrogen) atoms. The number of ether oxygens (including phenoxy) is 2. The molecule has 2 saturated heterocycles. The minimum atomic E-state index is -0.493. The maximum absolute atomic E-state index is 14.0. The highest BCUT2D eigenvalue weighted by Gasteiger charge is 2.32. The summed E-state index contributed by atoms with van der Waals surface area (Å²) < 4.78 is 25.5. The van der Waals surface area contributed by atoms with Gasteiger partial charge in [-0.2, -0.15) is 0 Å². The van der Waals surface area contributed by atoms with Crippen LogP contribution in [0.1, 0.15) is 46.0 Å². The van der Waals surface area contributed by atoms with Crippen LogP contribution in [-0.4, -0.2) is 78.4 Å². The molecule has 196 valence electrons. The van der Waals surface area contributed by atoms with E-state index in [0.717, 1.165) is 12.1 Å². The van der Waals surface area contributed by atoms with Crippen molar-refractivity contribution in [1.82, 2.24) is 15.1 Å². The summed E-state index contributed by atoms with van der Waals surface area (Å²) in [4.78, 5) is 29.3. The third kappa shape index (κ3) is 6.18. The number of morpholine rings is 1. The number of rotatable bonds is 7. The van der Waals surface area contributed by atoms with Gasteiger partial charge in [0.2, 0.25) is 5.91 Å². The molecule has 3 aliphatic rings. The predicted octanol–water partition coefficient (Wildman–Crippen LogP) is 3.53. The number of carbonyl (C=O) groups is 2. The molecule has 4 rings (SSSR count). The molecule has 1 aromatic carbocycles. The van der Waals surface area contributed by atoms with Gasteiger partial charge in [-0.1, -0.05) is 17.7 Å². The molecular formula is C26H34ClFN4O4. The lowest BCUT2D eigenvalue weighted by Gasteiger charge is -2.35. The lowest BCUT2D eigenvalue weighted by molar-refractivity contribution is -0.136. The molecule has 1 aliphatic carbocycles. The summed E-state index contributed by atoms with van der Waals surface area (Å²) in [6.07, 6.45) is 3.05. The molecule has 2 fully saturated rings. The number of nitrogens with one attached hydrogen (secondary N) is 2. The Balaban J connectivity index is 1.28. The molecule has 1 aromatic rings. The molecule has 8 nitrogen and oxygen atoms in total. The Kier molecular flexibility index (Phi) is 8.51. The third-order valence-corrected chi connectivity index (χ3v) is 7.19. The van der Waals surface area contributed by atoms with E-state index in [1.54, 1.807) is 15.9 Å². The van der Waals surface area contributed by atoms with Gasteiger partial charge in [-0.15, -0.1) is 0 Å². The second kappa shape index (κ2) is 11.6. The molecule has 0 spiro atoms. The van der Waals surface area contributed by atoms with Gasteiger partial charge >= 0.3 is 0 Å². The molecular weight excluding hydrogens is 487 g/mol. The number of carbonyl (C=O) groups excluding carboxylic acids is 2. The summed E-state index contributed by atoms with van der Waals surface area (Å²) in [7, 11) is 0. The number of piperidine rings is 1. The first-order valence-corrected chi connectivity index (χ1v) is 13.0. The number of allylic oxidation sites excluding steroid dienone is 1. The van der Waals surface area contributed by atoms with Gasteiger partial charge in [0.05, 0.1) is 23.8 Å². The number of amides is 2. The van der Waals surface area contributed by atoms with Crippen molar-refractivity contribution >= 4 is 29.1 Å². The highest BCUT2D eigenvalue weighted by atomic mass is 35.5. The Morgan fingerprint density at radius 3 is 2.53 bits per heavy atom. The average Bonchev–Trinajstić information content (AvgIpc) is 3.32. The highest BCUT2D eigenvalue weighted by Crippen LogP contribution is 2.30. The number of nitrogens with zero attached hydrogens (tertiary/aromatic N) is 2. The van der Waals surface area contributed by atoms with E-state index >= 15 is 0 Å². The predicted molar refractivity (Wildman–Crippen MR) is 135 cm³/mol. The van der Waals surface area contributed by atoms with E-state index in [4.69, 9.17) is 26.5 Å². The van der Waals surface area contributed by atoms with E-state index in [-0.39, 0.29) is 53.2 Å². The maximum Gasteiger partial charge on any atom is 0.272 e. The van der Waals surface area contributed by atoms with Crippen LogP contribution in [0.5, 0.6) is 5.75 Å². The van der Waals surface area contributed by atoms with Crippen molar-refractivity contribution < 1.29 is 23.5 Å². The first-order valence-electron chi connectivity index (χ1n) is 12.6. The Morgan fingerprint density at radius 1 is 1.17 bits per heavy atom. The first-order chi connectivity index (χ1) is 17.2. The third-order valence-electron chi connectivity index (χ3n) is 6.89. The van der Waals surface area contributed by atoms with E-state index in [2.05, 4.69) is 5.32 Å². The quantitative estimate of drug-likeness (QED) is 0.536. The van der Waals surface area contributed by atoms with Gasteiger partial charge in [-0.25, -0.2) is 4.39 Å². The molecule has 2 aliphatic heterocycles. The Labute approximate surface area is 216 Å². The molecule has 2 heterocycles. The summed E-state index contributed by atoms with van der Waals surface area (Å²) in [5.74, 6) is -0.766. The number of hydrogen-bond donors (Lipinski definition) is 2. The topological polar surface area (TPSA) is 95.0 Å². The van der Waals surface area contributed by atoms with E-state index in [1.807, 2.05) is 13.8 Å². The molecule has 2 amide bonds. The fraction of sp³-hybridized carbons (Fsp3) is 0.577.